The number of rotatable bonds is 7. The van der Waals surface area contributed by atoms with Gasteiger partial charge in [0, 0.05) is 18.7 Å². The molecule has 4 nitrogen and oxygen atoms in total. The fraction of sp³-hybridized carbons (Fsp3) is 0.588. The quantitative estimate of drug-likeness (QED) is 0.838. The Hall–Kier alpha value is -1.69. The van der Waals surface area contributed by atoms with Crippen LogP contribution >= 0.6 is 0 Å². The monoisotopic (exact) mass is 326 g/mol. The third-order valence-electron chi connectivity index (χ3n) is 4.18. The smallest absolute Gasteiger partial charge is 0.387 e. The van der Waals surface area contributed by atoms with Crippen molar-refractivity contribution in [3.05, 3.63) is 29.8 Å². The van der Waals surface area contributed by atoms with E-state index in [1.54, 1.807) is 18.2 Å². The van der Waals surface area contributed by atoms with Crippen molar-refractivity contribution in [1.82, 2.24) is 10.2 Å². The molecule has 1 fully saturated rings. The van der Waals surface area contributed by atoms with E-state index in [2.05, 4.69) is 17.0 Å². The normalized spacial score (nSPS) is 15.9. The number of para-hydroxylation sites is 1. The molecule has 0 saturated carbocycles. The summed E-state index contributed by atoms with van der Waals surface area (Å²) in [6.07, 6.45) is 2.06. The first-order valence-electron chi connectivity index (χ1n) is 8.11. The third-order valence-corrected chi connectivity index (χ3v) is 4.18. The Morgan fingerprint density at radius 1 is 1.35 bits per heavy atom. The van der Waals surface area contributed by atoms with Crippen LogP contribution in [-0.2, 0) is 11.2 Å². The minimum Gasteiger partial charge on any atom is -0.435 e. The summed E-state index contributed by atoms with van der Waals surface area (Å²) >= 11 is 0. The van der Waals surface area contributed by atoms with Crippen LogP contribution in [0.25, 0.3) is 0 Å². The minimum atomic E-state index is -2.88. The lowest BCUT2D eigenvalue weighted by atomic mass is 9.96. The lowest BCUT2D eigenvalue weighted by Crippen LogP contribution is -2.41. The molecular weight excluding hydrogens is 302 g/mol. The molecule has 1 heterocycles. The van der Waals surface area contributed by atoms with E-state index in [-0.39, 0.29) is 18.1 Å². The second-order valence-electron chi connectivity index (χ2n) is 5.79. The maximum atomic E-state index is 12.4. The van der Waals surface area contributed by atoms with Crippen molar-refractivity contribution in [2.24, 2.45) is 5.92 Å². The van der Waals surface area contributed by atoms with Crippen molar-refractivity contribution in [3.63, 3.8) is 0 Å². The Labute approximate surface area is 135 Å². The Morgan fingerprint density at radius 3 is 2.70 bits per heavy atom. The zero-order valence-electron chi connectivity index (χ0n) is 13.4. The van der Waals surface area contributed by atoms with E-state index in [1.807, 2.05) is 4.90 Å². The number of hydrogen-bond acceptors (Lipinski definition) is 3. The van der Waals surface area contributed by atoms with Gasteiger partial charge in [0.25, 0.3) is 0 Å². The average Bonchev–Trinajstić information content (AvgIpc) is 2.54. The molecule has 0 aromatic heterocycles. The molecule has 0 bridgehead atoms. The van der Waals surface area contributed by atoms with Gasteiger partial charge in [-0.05, 0) is 37.9 Å². The Kier molecular flexibility index (Phi) is 6.77. The molecule has 0 radical (unpaired) electrons. The molecule has 0 unspecified atom stereocenters. The summed E-state index contributed by atoms with van der Waals surface area (Å²) in [6, 6.07) is 6.48. The number of hydrogen-bond donors (Lipinski definition) is 1. The number of alkyl halides is 2. The minimum absolute atomic E-state index is 0.0304. The predicted molar refractivity (Wildman–Crippen MR) is 84.6 cm³/mol. The first-order chi connectivity index (χ1) is 11.1. The van der Waals surface area contributed by atoms with Crippen LogP contribution in [0.5, 0.6) is 5.75 Å². The SMILES string of the molecule is CCNCC1CCN(C(=O)Cc2ccccc2OC(F)F)CC1. The third kappa shape index (κ3) is 5.46. The van der Waals surface area contributed by atoms with Crippen LogP contribution in [0.3, 0.4) is 0 Å². The molecule has 1 saturated heterocycles. The standard InChI is InChI=1S/C17H24F2N2O2/c1-2-20-12-13-7-9-21(10-8-13)16(22)11-14-5-3-4-6-15(14)23-17(18)19/h3-6,13,17,20H,2,7-12H2,1H3. The molecule has 1 aliphatic heterocycles. The van der Waals surface area contributed by atoms with E-state index in [4.69, 9.17) is 0 Å². The number of nitrogens with zero attached hydrogens (tertiary/aromatic N) is 1. The molecule has 1 aromatic rings. The highest BCUT2D eigenvalue weighted by atomic mass is 19.3. The summed E-state index contributed by atoms with van der Waals surface area (Å²) in [6.45, 7) is 2.61. The van der Waals surface area contributed by atoms with E-state index in [9.17, 15) is 13.6 Å². The lowest BCUT2D eigenvalue weighted by molar-refractivity contribution is -0.132. The molecule has 1 amide bonds. The number of halogens is 2. The van der Waals surface area contributed by atoms with Crippen LogP contribution in [-0.4, -0.2) is 43.6 Å². The van der Waals surface area contributed by atoms with Gasteiger partial charge in [0.2, 0.25) is 5.91 Å². The van der Waals surface area contributed by atoms with Crippen LogP contribution in [0.1, 0.15) is 25.3 Å². The highest BCUT2D eigenvalue weighted by Gasteiger charge is 2.23. The molecule has 2 rings (SSSR count). The topological polar surface area (TPSA) is 41.6 Å². The highest BCUT2D eigenvalue weighted by Crippen LogP contribution is 2.23. The molecule has 23 heavy (non-hydrogen) atoms. The number of nitrogens with one attached hydrogen (secondary N) is 1. The second-order valence-corrected chi connectivity index (χ2v) is 5.79. The van der Waals surface area contributed by atoms with Gasteiger partial charge in [-0.1, -0.05) is 25.1 Å². The van der Waals surface area contributed by atoms with E-state index < -0.39 is 6.61 Å². The van der Waals surface area contributed by atoms with Crippen molar-refractivity contribution in [2.45, 2.75) is 32.8 Å². The van der Waals surface area contributed by atoms with Crippen LogP contribution in [0, 0.1) is 5.92 Å². The van der Waals surface area contributed by atoms with Gasteiger partial charge >= 0.3 is 6.61 Å². The summed E-state index contributed by atoms with van der Waals surface area (Å²) < 4.78 is 29.3. The first-order valence-corrected chi connectivity index (χ1v) is 8.11. The van der Waals surface area contributed by atoms with Gasteiger partial charge in [0.05, 0.1) is 6.42 Å². The van der Waals surface area contributed by atoms with E-state index in [1.165, 1.54) is 6.07 Å². The van der Waals surface area contributed by atoms with Crippen LogP contribution in [0.15, 0.2) is 24.3 Å². The first kappa shape index (κ1) is 17.7. The number of carbonyl (C=O) groups excluding carboxylic acids is 1. The summed E-state index contributed by atoms with van der Waals surface area (Å²) in [5, 5.41) is 3.34. The Bertz CT molecular complexity index is 503. The lowest BCUT2D eigenvalue weighted by Gasteiger charge is -2.32. The molecule has 128 valence electrons. The van der Waals surface area contributed by atoms with Gasteiger partial charge in [-0.15, -0.1) is 0 Å². The Balaban J connectivity index is 1.88. The summed E-state index contributed by atoms with van der Waals surface area (Å²) in [5.41, 5.74) is 0.507. The van der Waals surface area contributed by atoms with E-state index in [0.29, 0.717) is 11.5 Å². The van der Waals surface area contributed by atoms with Crippen molar-refractivity contribution >= 4 is 5.91 Å². The van der Waals surface area contributed by atoms with Crippen molar-refractivity contribution in [2.75, 3.05) is 26.2 Å². The summed E-state index contributed by atoms with van der Waals surface area (Å²) in [4.78, 5) is 14.2. The van der Waals surface area contributed by atoms with Gasteiger partial charge in [0.1, 0.15) is 5.75 Å². The maximum Gasteiger partial charge on any atom is 0.387 e. The average molecular weight is 326 g/mol. The highest BCUT2D eigenvalue weighted by molar-refractivity contribution is 5.79. The number of ether oxygens (including phenoxy) is 1. The summed E-state index contributed by atoms with van der Waals surface area (Å²) in [5.74, 6) is 0.656. The summed E-state index contributed by atoms with van der Waals surface area (Å²) in [7, 11) is 0. The van der Waals surface area contributed by atoms with Crippen LogP contribution in [0.2, 0.25) is 0 Å². The van der Waals surface area contributed by atoms with Gasteiger partial charge < -0.3 is 15.0 Å². The van der Waals surface area contributed by atoms with Gasteiger partial charge in [-0.3, -0.25) is 4.79 Å². The fourth-order valence-electron chi connectivity index (χ4n) is 2.87. The molecule has 0 atom stereocenters. The number of benzene rings is 1. The Morgan fingerprint density at radius 2 is 2.04 bits per heavy atom. The molecule has 1 aliphatic rings. The van der Waals surface area contributed by atoms with Crippen LogP contribution < -0.4 is 10.1 Å². The second kappa shape index (κ2) is 8.82. The molecule has 0 spiro atoms. The zero-order valence-corrected chi connectivity index (χ0v) is 13.4. The van der Waals surface area contributed by atoms with Gasteiger partial charge in [0.15, 0.2) is 0 Å². The number of piperidine rings is 1. The van der Waals surface area contributed by atoms with Gasteiger partial charge in [-0.25, -0.2) is 0 Å². The number of amides is 1. The maximum absolute atomic E-state index is 12.4. The molecule has 6 heteroatoms. The number of likely N-dealkylation sites (tertiary alicyclic amines) is 1. The number of carbonyl (C=O) groups is 1. The predicted octanol–water partition coefficient (Wildman–Crippen LogP) is 2.68. The van der Waals surface area contributed by atoms with E-state index in [0.717, 1.165) is 39.0 Å². The molecular formula is C17H24F2N2O2. The molecule has 0 aliphatic carbocycles. The van der Waals surface area contributed by atoms with Crippen molar-refractivity contribution in [3.8, 4) is 5.75 Å². The largest absolute Gasteiger partial charge is 0.435 e. The van der Waals surface area contributed by atoms with Gasteiger partial charge in [-0.2, -0.15) is 8.78 Å². The molecule has 1 aromatic carbocycles. The van der Waals surface area contributed by atoms with Crippen molar-refractivity contribution in [1.29, 1.82) is 0 Å². The molecule has 1 N–H and O–H groups in total. The van der Waals surface area contributed by atoms with E-state index >= 15 is 0 Å². The van der Waals surface area contributed by atoms with Crippen LogP contribution in [0.4, 0.5) is 8.78 Å². The van der Waals surface area contributed by atoms with Crippen molar-refractivity contribution < 1.29 is 18.3 Å². The zero-order chi connectivity index (χ0) is 16.7. The fourth-order valence-corrected chi connectivity index (χ4v) is 2.87.